The van der Waals surface area contributed by atoms with Crippen LogP contribution in [0.4, 0.5) is 4.79 Å². The van der Waals surface area contributed by atoms with Gasteiger partial charge in [-0.05, 0) is 55.0 Å². The summed E-state index contributed by atoms with van der Waals surface area (Å²) in [4.78, 5) is 23.9. The summed E-state index contributed by atoms with van der Waals surface area (Å²) in [5, 5.41) is 13.2. The number of hydrogen-bond donors (Lipinski definition) is 3. The molecule has 1 atom stereocenters. The van der Waals surface area contributed by atoms with E-state index in [0.717, 1.165) is 30.4 Å². The van der Waals surface area contributed by atoms with E-state index in [0.29, 0.717) is 48.0 Å². The number of phenols is 1. The van der Waals surface area contributed by atoms with E-state index in [2.05, 4.69) is 10.0 Å². The predicted octanol–water partition coefficient (Wildman–Crippen LogP) is 5.53. The van der Waals surface area contributed by atoms with Crippen molar-refractivity contribution in [3.8, 4) is 23.0 Å². The third kappa shape index (κ3) is 7.29. The monoisotopic (exact) mass is 502 g/mol. The van der Waals surface area contributed by atoms with E-state index in [9.17, 15) is 14.7 Å². The van der Waals surface area contributed by atoms with Crippen molar-refractivity contribution in [1.82, 2.24) is 10.0 Å². The van der Waals surface area contributed by atoms with E-state index in [1.165, 1.54) is 0 Å². The Hall–Kier alpha value is -2.91. The molecular formula is C26H34N2O6S. The Morgan fingerprint density at radius 2 is 1.71 bits per heavy atom. The number of phenolic OH excluding ortho intramolecular Hbond substituents is 1. The third-order valence-corrected chi connectivity index (χ3v) is 6.14. The Bertz CT molecular complexity index is 1070. The minimum atomic E-state index is -0.274. The average molecular weight is 503 g/mol. The maximum Gasteiger partial charge on any atom is 0.295 e. The van der Waals surface area contributed by atoms with Crippen LogP contribution in [0.1, 0.15) is 67.7 Å². The number of rotatable bonds is 11. The van der Waals surface area contributed by atoms with Crippen molar-refractivity contribution in [1.29, 1.82) is 0 Å². The van der Waals surface area contributed by atoms with Crippen LogP contribution in [0, 0.1) is 12.3 Å². The molecule has 1 heterocycles. The molecule has 0 saturated carbocycles. The highest BCUT2D eigenvalue weighted by atomic mass is 32.2. The predicted molar refractivity (Wildman–Crippen MR) is 136 cm³/mol. The molecule has 1 aliphatic heterocycles. The van der Waals surface area contributed by atoms with Gasteiger partial charge in [0, 0.05) is 23.9 Å². The maximum atomic E-state index is 12.5. The summed E-state index contributed by atoms with van der Waals surface area (Å²) in [6.45, 7) is 8.65. The average Bonchev–Trinajstić information content (AvgIpc) is 3.23. The lowest BCUT2D eigenvalue weighted by atomic mass is 9.87. The first-order valence-corrected chi connectivity index (χ1v) is 12.4. The zero-order chi connectivity index (χ0) is 25.6. The van der Waals surface area contributed by atoms with Gasteiger partial charge in [-0.2, -0.15) is 0 Å². The highest BCUT2D eigenvalue weighted by Gasteiger charge is 2.24. The molecule has 9 heteroatoms. The molecular weight excluding hydrogens is 468 g/mol. The number of carbonyl (C=O) groups excluding carboxylic acids is 2. The smallest absolute Gasteiger partial charge is 0.295 e. The minimum Gasteiger partial charge on any atom is -0.507 e. The first kappa shape index (κ1) is 26.7. The molecule has 3 N–H and O–H groups in total. The van der Waals surface area contributed by atoms with E-state index in [-0.39, 0.29) is 28.4 Å². The Morgan fingerprint density at radius 3 is 2.31 bits per heavy atom. The van der Waals surface area contributed by atoms with Crippen LogP contribution < -0.4 is 24.2 Å². The van der Waals surface area contributed by atoms with Gasteiger partial charge in [0.1, 0.15) is 17.7 Å². The Labute approximate surface area is 210 Å². The molecule has 3 rings (SSSR count). The number of methoxy groups -OCH3 is 1. The van der Waals surface area contributed by atoms with Crippen molar-refractivity contribution in [3.05, 3.63) is 47.0 Å². The van der Waals surface area contributed by atoms with Crippen LogP contribution in [-0.2, 0) is 0 Å². The lowest BCUT2D eigenvalue weighted by Crippen LogP contribution is -2.22. The topological polar surface area (TPSA) is 106 Å². The van der Waals surface area contributed by atoms with Gasteiger partial charge >= 0.3 is 0 Å². The largest absolute Gasteiger partial charge is 0.507 e. The highest BCUT2D eigenvalue weighted by molar-refractivity contribution is 8.12. The van der Waals surface area contributed by atoms with Crippen LogP contribution in [0.3, 0.4) is 0 Å². The molecule has 0 aromatic heterocycles. The number of aromatic hydroxyl groups is 1. The number of benzene rings is 2. The molecule has 0 bridgehead atoms. The van der Waals surface area contributed by atoms with Crippen LogP contribution in [0.15, 0.2) is 30.3 Å². The number of ketones is 1. The van der Waals surface area contributed by atoms with Crippen molar-refractivity contribution < 1.29 is 28.9 Å². The van der Waals surface area contributed by atoms with Crippen molar-refractivity contribution in [2.75, 3.05) is 20.3 Å². The summed E-state index contributed by atoms with van der Waals surface area (Å²) >= 11 is 1.03. The fourth-order valence-electron chi connectivity index (χ4n) is 3.63. The van der Waals surface area contributed by atoms with Gasteiger partial charge in [-0.3, -0.25) is 9.59 Å². The van der Waals surface area contributed by atoms with Gasteiger partial charge in [0.2, 0.25) is 0 Å². The van der Waals surface area contributed by atoms with E-state index < -0.39 is 0 Å². The van der Waals surface area contributed by atoms with E-state index in [1.807, 2.05) is 39.0 Å². The van der Waals surface area contributed by atoms with Crippen LogP contribution in [0.5, 0.6) is 23.0 Å². The van der Waals surface area contributed by atoms with Gasteiger partial charge < -0.3 is 24.6 Å². The molecule has 190 valence electrons. The second kappa shape index (κ2) is 11.7. The normalized spacial score (nSPS) is 15.6. The molecule has 1 amide bonds. The SMILES string of the molecule is COc1ccc(C2NSC(=O)N2)cc1OCCCCOc1ccc(C(=O)CC(C)(C)C)c(O)c1C. The summed E-state index contributed by atoms with van der Waals surface area (Å²) in [5.41, 5.74) is 1.62. The molecule has 1 aliphatic rings. The van der Waals surface area contributed by atoms with Crippen molar-refractivity contribution >= 4 is 23.0 Å². The van der Waals surface area contributed by atoms with Crippen LogP contribution >= 0.6 is 11.9 Å². The number of ether oxygens (including phenoxy) is 3. The summed E-state index contributed by atoms with van der Waals surface area (Å²) in [6.07, 6.45) is 1.57. The molecule has 2 aromatic rings. The minimum absolute atomic E-state index is 0.0154. The second-order valence-corrected chi connectivity index (χ2v) is 10.5. The van der Waals surface area contributed by atoms with Crippen molar-refractivity contribution in [2.24, 2.45) is 5.41 Å². The second-order valence-electron chi connectivity index (χ2n) is 9.64. The first-order valence-electron chi connectivity index (χ1n) is 11.6. The Balaban J connectivity index is 1.48. The Kier molecular flexibility index (Phi) is 8.91. The summed E-state index contributed by atoms with van der Waals surface area (Å²) in [7, 11) is 1.58. The van der Waals surface area contributed by atoms with E-state index in [1.54, 1.807) is 26.2 Å². The van der Waals surface area contributed by atoms with Gasteiger partial charge in [0.15, 0.2) is 17.3 Å². The molecule has 8 nitrogen and oxygen atoms in total. The first-order chi connectivity index (χ1) is 16.6. The molecule has 0 radical (unpaired) electrons. The molecule has 2 aromatic carbocycles. The van der Waals surface area contributed by atoms with Gasteiger partial charge in [-0.15, -0.1) is 0 Å². The van der Waals surface area contributed by atoms with Crippen LogP contribution in [-0.4, -0.2) is 36.5 Å². The standard InChI is InChI=1S/C26H34N2O6S/c1-16-20(11-9-18(23(16)30)19(29)15-26(2,3)4)33-12-6-7-13-34-22-14-17(8-10-21(22)32-5)24-27-25(31)35-28-24/h8-11,14,24,28,30H,6-7,12-13,15H2,1-5H3,(H,27,31). The van der Waals surface area contributed by atoms with Gasteiger partial charge in [-0.1, -0.05) is 26.8 Å². The quantitative estimate of drug-likeness (QED) is 0.209. The Morgan fingerprint density at radius 1 is 1.06 bits per heavy atom. The van der Waals surface area contributed by atoms with Gasteiger partial charge in [0.05, 0.1) is 25.9 Å². The number of carbonyl (C=O) groups is 2. The third-order valence-electron chi connectivity index (χ3n) is 5.48. The zero-order valence-corrected chi connectivity index (χ0v) is 21.7. The van der Waals surface area contributed by atoms with Gasteiger partial charge in [-0.25, -0.2) is 4.72 Å². The molecule has 1 unspecified atom stereocenters. The molecule has 35 heavy (non-hydrogen) atoms. The number of unbranched alkanes of at least 4 members (excludes halogenated alkanes) is 1. The molecule has 0 aliphatic carbocycles. The molecule has 1 fully saturated rings. The zero-order valence-electron chi connectivity index (χ0n) is 20.9. The summed E-state index contributed by atoms with van der Waals surface area (Å²) in [5.74, 6) is 1.70. The fraction of sp³-hybridized carbons (Fsp3) is 0.462. The van der Waals surface area contributed by atoms with Crippen molar-refractivity contribution in [3.63, 3.8) is 0 Å². The van der Waals surface area contributed by atoms with E-state index in [4.69, 9.17) is 14.2 Å². The van der Waals surface area contributed by atoms with Gasteiger partial charge in [0.25, 0.3) is 5.24 Å². The highest BCUT2D eigenvalue weighted by Crippen LogP contribution is 2.34. The molecule has 0 spiro atoms. The molecule has 1 saturated heterocycles. The lowest BCUT2D eigenvalue weighted by molar-refractivity contribution is 0.0937. The number of nitrogens with one attached hydrogen (secondary N) is 2. The lowest BCUT2D eigenvalue weighted by Gasteiger charge is -2.18. The number of hydrogen-bond acceptors (Lipinski definition) is 8. The summed E-state index contributed by atoms with van der Waals surface area (Å²) < 4.78 is 20.2. The number of Topliss-reactive ketones (excluding diaryl/α,β-unsaturated/α-hetero) is 1. The van der Waals surface area contributed by atoms with E-state index >= 15 is 0 Å². The number of amides is 1. The van der Waals surface area contributed by atoms with Crippen LogP contribution in [0.25, 0.3) is 0 Å². The van der Waals surface area contributed by atoms with Crippen LogP contribution in [0.2, 0.25) is 0 Å². The van der Waals surface area contributed by atoms with Crippen molar-refractivity contribution in [2.45, 2.75) is 53.1 Å². The maximum absolute atomic E-state index is 12.5. The fourth-order valence-corrected chi connectivity index (χ4v) is 4.23. The summed E-state index contributed by atoms with van der Waals surface area (Å²) in [6, 6.07) is 8.92.